The molecule has 0 radical (unpaired) electrons. The molecular formula is C24H25N7O3S. The van der Waals surface area contributed by atoms with Gasteiger partial charge in [-0.05, 0) is 61.4 Å². The van der Waals surface area contributed by atoms with Crippen molar-refractivity contribution in [3.05, 3.63) is 66.0 Å². The van der Waals surface area contributed by atoms with Gasteiger partial charge in [-0.3, -0.25) is 0 Å². The molecule has 3 aromatic heterocycles. The summed E-state index contributed by atoms with van der Waals surface area (Å²) in [6.07, 6.45) is 2.60. The Kier molecular flexibility index (Phi) is 5.79. The van der Waals surface area contributed by atoms with Crippen molar-refractivity contribution < 1.29 is 13.2 Å². The number of nitrogens with zero attached hydrogens (tertiary/aromatic N) is 2. The van der Waals surface area contributed by atoms with Crippen molar-refractivity contribution in [2.75, 3.05) is 24.3 Å². The number of benzene rings is 2. The van der Waals surface area contributed by atoms with Gasteiger partial charge >= 0.3 is 0 Å². The molecule has 0 saturated heterocycles. The number of fused-ring (bicyclic) bond motifs is 2. The van der Waals surface area contributed by atoms with Crippen LogP contribution < -0.4 is 20.5 Å². The lowest BCUT2D eigenvalue weighted by Crippen LogP contribution is -2.17. The first kappa shape index (κ1) is 22.7. The van der Waals surface area contributed by atoms with Crippen LogP contribution in [0.3, 0.4) is 0 Å². The maximum absolute atomic E-state index is 12.0. The molecule has 0 spiro atoms. The number of sulfonamides is 1. The van der Waals surface area contributed by atoms with E-state index in [1.807, 2.05) is 55.6 Å². The van der Waals surface area contributed by atoms with Gasteiger partial charge < -0.3 is 25.3 Å². The normalized spacial score (nSPS) is 11.7. The Balaban J connectivity index is 1.37. The lowest BCUT2D eigenvalue weighted by atomic mass is 10.1. The van der Waals surface area contributed by atoms with E-state index in [0.29, 0.717) is 18.8 Å². The average molecular weight is 492 g/mol. The van der Waals surface area contributed by atoms with Crippen molar-refractivity contribution in [3.63, 3.8) is 0 Å². The second-order valence-corrected chi connectivity index (χ2v) is 9.75. The Labute approximate surface area is 202 Å². The smallest absolute Gasteiger partial charge is 0.255 e. The Hall–Kier alpha value is -4.09. The number of primary sulfonamides is 1. The number of aromatic nitrogens is 4. The summed E-state index contributed by atoms with van der Waals surface area (Å²) in [6, 6.07) is 15.0. The Morgan fingerprint density at radius 2 is 1.89 bits per heavy atom. The minimum absolute atomic E-state index is 0.162. The summed E-state index contributed by atoms with van der Waals surface area (Å²) in [7, 11) is -2.40. The van der Waals surface area contributed by atoms with E-state index in [0.717, 1.165) is 44.5 Å². The molecule has 5 rings (SSSR count). The van der Waals surface area contributed by atoms with Gasteiger partial charge in [0.2, 0.25) is 5.95 Å². The van der Waals surface area contributed by atoms with Gasteiger partial charge in [-0.1, -0.05) is 0 Å². The van der Waals surface area contributed by atoms with Crippen LogP contribution in [0.2, 0.25) is 0 Å². The molecule has 3 heterocycles. The number of hydrogen-bond acceptors (Lipinski definition) is 7. The molecule has 11 heteroatoms. The van der Waals surface area contributed by atoms with Gasteiger partial charge in [0.25, 0.3) is 10.0 Å². The van der Waals surface area contributed by atoms with Crippen LogP contribution in [-0.2, 0) is 16.4 Å². The van der Waals surface area contributed by atoms with Crippen LogP contribution in [0.4, 0.5) is 17.5 Å². The molecule has 0 aliphatic carbocycles. The molecule has 6 N–H and O–H groups in total. The zero-order chi connectivity index (χ0) is 24.6. The SMILES string of the molecule is COc1ccc2[nH]cc(CCNc3nc(Nc4ccc5[nH]c(C)cc5c4)cc(S(N)(=O)=O)n3)c2c1. The lowest BCUT2D eigenvalue weighted by molar-refractivity contribution is 0.415. The fourth-order valence-corrected chi connectivity index (χ4v) is 4.51. The number of methoxy groups -OCH3 is 1. The summed E-state index contributed by atoms with van der Waals surface area (Å²) in [4.78, 5) is 15.1. The molecular weight excluding hydrogens is 466 g/mol. The third-order valence-corrected chi connectivity index (χ3v) is 6.47. The fraction of sp³-hybridized carbons (Fsp3) is 0.167. The molecule has 0 amide bonds. The highest BCUT2D eigenvalue weighted by Gasteiger charge is 2.15. The highest BCUT2D eigenvalue weighted by atomic mass is 32.2. The number of aromatic amines is 2. The lowest BCUT2D eigenvalue weighted by Gasteiger charge is -2.11. The van der Waals surface area contributed by atoms with Gasteiger partial charge in [-0.25, -0.2) is 13.6 Å². The zero-order valence-electron chi connectivity index (χ0n) is 19.2. The molecule has 0 unspecified atom stereocenters. The third kappa shape index (κ3) is 4.91. The minimum Gasteiger partial charge on any atom is -0.497 e. The molecule has 2 aromatic carbocycles. The highest BCUT2D eigenvalue weighted by Crippen LogP contribution is 2.25. The van der Waals surface area contributed by atoms with Crippen LogP contribution in [0.1, 0.15) is 11.3 Å². The Morgan fingerprint density at radius 3 is 2.69 bits per heavy atom. The van der Waals surface area contributed by atoms with Crippen molar-refractivity contribution in [2.24, 2.45) is 5.14 Å². The van der Waals surface area contributed by atoms with Gasteiger partial charge in [0.15, 0.2) is 5.03 Å². The van der Waals surface area contributed by atoms with Crippen molar-refractivity contribution >= 4 is 49.3 Å². The Bertz CT molecular complexity index is 1640. The molecule has 0 atom stereocenters. The quantitative estimate of drug-likeness (QED) is 0.207. The van der Waals surface area contributed by atoms with Crippen LogP contribution in [0.25, 0.3) is 21.8 Å². The number of rotatable bonds is 8. The number of nitrogens with one attached hydrogen (secondary N) is 4. The van der Waals surface area contributed by atoms with E-state index in [4.69, 9.17) is 9.88 Å². The number of aryl methyl sites for hydroxylation is 1. The van der Waals surface area contributed by atoms with Crippen LogP contribution in [-0.4, -0.2) is 42.0 Å². The number of hydrogen-bond donors (Lipinski definition) is 5. The van der Waals surface area contributed by atoms with Crippen molar-refractivity contribution in [2.45, 2.75) is 18.4 Å². The van der Waals surface area contributed by atoms with Crippen molar-refractivity contribution in [1.82, 2.24) is 19.9 Å². The number of anilines is 3. The molecule has 0 bridgehead atoms. The summed E-state index contributed by atoms with van der Waals surface area (Å²) < 4.78 is 29.4. The first-order valence-electron chi connectivity index (χ1n) is 10.9. The predicted molar refractivity (Wildman–Crippen MR) is 137 cm³/mol. The minimum atomic E-state index is -4.03. The number of H-pyrrole nitrogens is 2. The van der Waals surface area contributed by atoms with Gasteiger partial charge in [0, 0.05) is 52.0 Å². The van der Waals surface area contributed by atoms with Gasteiger partial charge in [0.05, 0.1) is 7.11 Å². The topological polar surface area (TPSA) is 151 Å². The monoisotopic (exact) mass is 491 g/mol. The van der Waals surface area contributed by atoms with E-state index >= 15 is 0 Å². The largest absolute Gasteiger partial charge is 0.497 e. The van der Waals surface area contributed by atoms with Crippen LogP contribution in [0.5, 0.6) is 5.75 Å². The van der Waals surface area contributed by atoms with Gasteiger partial charge in [-0.2, -0.15) is 9.97 Å². The van der Waals surface area contributed by atoms with Crippen LogP contribution in [0, 0.1) is 6.92 Å². The molecule has 0 aliphatic heterocycles. The summed E-state index contributed by atoms with van der Waals surface area (Å²) in [5, 5.41) is 13.5. The van der Waals surface area contributed by atoms with E-state index < -0.39 is 10.0 Å². The van der Waals surface area contributed by atoms with E-state index in [9.17, 15) is 8.42 Å². The van der Waals surface area contributed by atoms with E-state index in [1.54, 1.807) is 7.11 Å². The number of nitrogens with two attached hydrogens (primary N) is 1. The van der Waals surface area contributed by atoms with Crippen molar-refractivity contribution in [3.8, 4) is 5.75 Å². The Morgan fingerprint density at radius 1 is 1.06 bits per heavy atom. The first-order valence-corrected chi connectivity index (χ1v) is 12.5. The average Bonchev–Trinajstić information content (AvgIpc) is 3.40. The highest BCUT2D eigenvalue weighted by molar-refractivity contribution is 7.89. The fourth-order valence-electron chi connectivity index (χ4n) is 4.02. The summed E-state index contributed by atoms with van der Waals surface area (Å²) >= 11 is 0. The maximum atomic E-state index is 12.0. The second-order valence-electron chi connectivity index (χ2n) is 8.24. The predicted octanol–water partition coefficient (Wildman–Crippen LogP) is 3.80. The van der Waals surface area contributed by atoms with E-state index in [-0.39, 0.29) is 11.0 Å². The van der Waals surface area contributed by atoms with E-state index in [2.05, 4.69) is 30.6 Å². The summed E-state index contributed by atoms with van der Waals surface area (Å²) in [5.74, 6) is 1.25. The van der Waals surface area contributed by atoms with Gasteiger partial charge in [-0.15, -0.1) is 0 Å². The standard InChI is InChI=1S/C24H25N7O3S/c1-14-9-16-10-17(3-5-20(16)28-14)29-22-12-23(35(25,32)33)31-24(30-22)26-8-7-15-13-27-21-6-4-18(34-2)11-19(15)21/h3-6,9-13,27-28H,7-8H2,1-2H3,(H2,25,32,33)(H2,26,29,30,31). The number of ether oxygens (including phenoxy) is 1. The molecule has 0 fully saturated rings. The van der Waals surface area contributed by atoms with Crippen LogP contribution in [0.15, 0.2) is 59.8 Å². The summed E-state index contributed by atoms with van der Waals surface area (Å²) in [6.45, 7) is 2.47. The molecule has 5 aromatic rings. The van der Waals surface area contributed by atoms with Gasteiger partial charge in [0.1, 0.15) is 11.6 Å². The molecule has 0 saturated carbocycles. The molecule has 10 nitrogen and oxygen atoms in total. The van der Waals surface area contributed by atoms with E-state index in [1.165, 1.54) is 6.07 Å². The molecule has 35 heavy (non-hydrogen) atoms. The molecule has 0 aliphatic rings. The van der Waals surface area contributed by atoms with Crippen molar-refractivity contribution in [1.29, 1.82) is 0 Å². The first-order chi connectivity index (χ1) is 16.8. The molecule has 180 valence electrons. The maximum Gasteiger partial charge on any atom is 0.255 e. The third-order valence-electron chi connectivity index (χ3n) is 5.67. The zero-order valence-corrected chi connectivity index (χ0v) is 20.0. The summed E-state index contributed by atoms with van der Waals surface area (Å²) in [5.41, 5.74) is 4.92. The second kappa shape index (κ2) is 8.93. The van der Waals surface area contributed by atoms with Crippen LogP contribution >= 0.6 is 0 Å².